The second-order valence-electron chi connectivity index (χ2n) is 5.11. The van der Waals surface area contributed by atoms with Crippen molar-refractivity contribution >= 4 is 0 Å². The lowest BCUT2D eigenvalue weighted by Gasteiger charge is -2.16. The van der Waals surface area contributed by atoms with Crippen LogP contribution in [0.1, 0.15) is 22.3 Å². The van der Waals surface area contributed by atoms with Gasteiger partial charge in [0.05, 0.1) is 0 Å². The molecule has 0 radical (unpaired) electrons. The van der Waals surface area contributed by atoms with Gasteiger partial charge in [-0.05, 0) is 67.8 Å². The van der Waals surface area contributed by atoms with Gasteiger partial charge < -0.3 is 5.32 Å². The highest BCUT2D eigenvalue weighted by Gasteiger charge is 2.11. The molecule has 0 heterocycles. The van der Waals surface area contributed by atoms with Gasteiger partial charge in [-0.3, -0.25) is 0 Å². The Kier molecular flexibility index (Phi) is 4.01. The number of hydrogen-bond acceptors (Lipinski definition) is 1. The molecule has 0 aromatic heterocycles. The van der Waals surface area contributed by atoms with Crippen LogP contribution in [0, 0.1) is 26.6 Å². The number of nitrogens with one attached hydrogen (secondary N) is 1. The summed E-state index contributed by atoms with van der Waals surface area (Å²) in [6, 6.07) is 9.65. The van der Waals surface area contributed by atoms with E-state index in [4.69, 9.17) is 0 Å². The van der Waals surface area contributed by atoms with Crippen molar-refractivity contribution in [2.75, 3.05) is 7.05 Å². The van der Waals surface area contributed by atoms with Crippen LogP contribution in [0.4, 0.5) is 4.39 Å². The lowest BCUT2D eigenvalue weighted by molar-refractivity contribution is 0.625. The quantitative estimate of drug-likeness (QED) is 0.871. The highest BCUT2D eigenvalue weighted by molar-refractivity contribution is 5.74. The molecular weight excluding hydrogens is 237 g/mol. The minimum absolute atomic E-state index is 0.165. The molecule has 0 atom stereocenters. The van der Waals surface area contributed by atoms with Crippen LogP contribution in [0.15, 0.2) is 30.3 Å². The standard InChI is InChI=1S/C17H20FN/c1-11-5-6-14(10-19-4)16(7-11)17-12(2)8-15(18)9-13(17)3/h5-9,19H,10H2,1-4H3. The molecule has 0 aliphatic rings. The van der Waals surface area contributed by atoms with Gasteiger partial charge in [-0.1, -0.05) is 23.8 Å². The average molecular weight is 257 g/mol. The minimum Gasteiger partial charge on any atom is -0.316 e. The van der Waals surface area contributed by atoms with Gasteiger partial charge in [-0.15, -0.1) is 0 Å². The molecule has 0 aliphatic heterocycles. The largest absolute Gasteiger partial charge is 0.316 e. The Morgan fingerprint density at radius 1 is 1.00 bits per heavy atom. The van der Waals surface area contributed by atoms with Crippen LogP contribution in [0.5, 0.6) is 0 Å². The summed E-state index contributed by atoms with van der Waals surface area (Å²) in [4.78, 5) is 0. The van der Waals surface area contributed by atoms with Crippen molar-refractivity contribution in [1.82, 2.24) is 5.32 Å². The third-order valence-corrected chi connectivity index (χ3v) is 3.40. The van der Waals surface area contributed by atoms with Crippen molar-refractivity contribution in [3.05, 3.63) is 58.4 Å². The molecule has 0 unspecified atom stereocenters. The van der Waals surface area contributed by atoms with Crippen molar-refractivity contribution in [3.63, 3.8) is 0 Å². The van der Waals surface area contributed by atoms with E-state index in [0.717, 1.165) is 23.2 Å². The topological polar surface area (TPSA) is 12.0 Å². The second-order valence-corrected chi connectivity index (χ2v) is 5.11. The summed E-state index contributed by atoms with van der Waals surface area (Å²) < 4.78 is 13.4. The van der Waals surface area contributed by atoms with Crippen molar-refractivity contribution in [1.29, 1.82) is 0 Å². The molecule has 0 bridgehead atoms. The summed E-state index contributed by atoms with van der Waals surface area (Å²) >= 11 is 0. The Bertz CT molecular complexity index is 579. The lowest BCUT2D eigenvalue weighted by Crippen LogP contribution is -2.07. The average Bonchev–Trinajstić information content (AvgIpc) is 2.31. The number of hydrogen-bond donors (Lipinski definition) is 1. The number of rotatable bonds is 3. The van der Waals surface area contributed by atoms with Gasteiger partial charge in [0.15, 0.2) is 0 Å². The summed E-state index contributed by atoms with van der Waals surface area (Å²) in [5, 5.41) is 3.19. The summed E-state index contributed by atoms with van der Waals surface area (Å²) in [5.41, 5.74) is 6.78. The molecule has 19 heavy (non-hydrogen) atoms. The van der Waals surface area contributed by atoms with E-state index in [0.29, 0.717) is 0 Å². The van der Waals surface area contributed by atoms with E-state index in [1.165, 1.54) is 16.7 Å². The van der Waals surface area contributed by atoms with Gasteiger partial charge in [0.2, 0.25) is 0 Å². The van der Waals surface area contributed by atoms with Crippen LogP contribution in [0.25, 0.3) is 11.1 Å². The Labute approximate surface area is 114 Å². The number of aryl methyl sites for hydroxylation is 3. The molecule has 100 valence electrons. The van der Waals surface area contributed by atoms with Crippen LogP contribution in [0.2, 0.25) is 0 Å². The maximum absolute atomic E-state index is 13.4. The molecule has 0 spiro atoms. The summed E-state index contributed by atoms with van der Waals surface area (Å²) in [6.07, 6.45) is 0. The van der Waals surface area contributed by atoms with Crippen LogP contribution < -0.4 is 5.32 Å². The molecule has 2 rings (SSSR count). The zero-order valence-electron chi connectivity index (χ0n) is 12.0. The van der Waals surface area contributed by atoms with E-state index in [1.54, 1.807) is 12.1 Å². The van der Waals surface area contributed by atoms with Gasteiger partial charge in [0, 0.05) is 6.54 Å². The van der Waals surface area contributed by atoms with Crippen molar-refractivity contribution in [2.45, 2.75) is 27.3 Å². The lowest BCUT2D eigenvalue weighted by atomic mass is 9.91. The van der Waals surface area contributed by atoms with Crippen LogP contribution in [-0.4, -0.2) is 7.05 Å². The predicted molar refractivity (Wildman–Crippen MR) is 78.8 cm³/mol. The molecule has 1 nitrogen and oxygen atoms in total. The molecule has 0 fully saturated rings. The van der Waals surface area contributed by atoms with Crippen molar-refractivity contribution in [3.8, 4) is 11.1 Å². The van der Waals surface area contributed by atoms with Crippen molar-refractivity contribution in [2.24, 2.45) is 0 Å². The monoisotopic (exact) mass is 257 g/mol. The zero-order valence-corrected chi connectivity index (χ0v) is 12.0. The van der Waals surface area contributed by atoms with Gasteiger partial charge >= 0.3 is 0 Å². The summed E-state index contributed by atoms with van der Waals surface area (Å²) in [7, 11) is 1.94. The van der Waals surface area contributed by atoms with Gasteiger partial charge in [-0.2, -0.15) is 0 Å². The molecule has 2 heteroatoms. The Morgan fingerprint density at radius 3 is 2.21 bits per heavy atom. The maximum atomic E-state index is 13.4. The Morgan fingerprint density at radius 2 is 1.63 bits per heavy atom. The van der Waals surface area contributed by atoms with Gasteiger partial charge in [0.25, 0.3) is 0 Å². The van der Waals surface area contributed by atoms with E-state index in [2.05, 4.69) is 30.4 Å². The Balaban J connectivity index is 2.67. The zero-order chi connectivity index (χ0) is 14.0. The minimum atomic E-state index is -0.165. The van der Waals surface area contributed by atoms with E-state index in [-0.39, 0.29) is 5.82 Å². The first-order valence-corrected chi connectivity index (χ1v) is 6.54. The molecule has 0 saturated heterocycles. The molecule has 2 aromatic rings. The molecule has 0 saturated carbocycles. The summed E-state index contributed by atoms with van der Waals surface area (Å²) in [6.45, 7) is 6.83. The van der Waals surface area contributed by atoms with Gasteiger partial charge in [0.1, 0.15) is 5.82 Å². The first-order chi connectivity index (χ1) is 9.02. The Hall–Kier alpha value is -1.67. The normalized spacial score (nSPS) is 10.8. The molecule has 0 aliphatic carbocycles. The fourth-order valence-corrected chi connectivity index (χ4v) is 2.60. The molecule has 1 N–H and O–H groups in total. The highest BCUT2D eigenvalue weighted by Crippen LogP contribution is 2.31. The first kappa shape index (κ1) is 13.8. The molecular formula is C17H20FN. The fraction of sp³-hybridized carbons (Fsp3) is 0.294. The number of benzene rings is 2. The van der Waals surface area contributed by atoms with Gasteiger partial charge in [-0.25, -0.2) is 4.39 Å². The fourth-order valence-electron chi connectivity index (χ4n) is 2.60. The maximum Gasteiger partial charge on any atom is 0.123 e. The van der Waals surface area contributed by atoms with Crippen LogP contribution in [0.3, 0.4) is 0 Å². The summed E-state index contributed by atoms with van der Waals surface area (Å²) in [5.74, 6) is -0.165. The SMILES string of the molecule is CNCc1ccc(C)cc1-c1c(C)cc(F)cc1C. The van der Waals surface area contributed by atoms with E-state index >= 15 is 0 Å². The first-order valence-electron chi connectivity index (χ1n) is 6.54. The van der Waals surface area contributed by atoms with E-state index in [1.807, 2.05) is 20.9 Å². The third kappa shape index (κ3) is 2.85. The number of halogens is 1. The molecule has 2 aromatic carbocycles. The second kappa shape index (κ2) is 5.54. The van der Waals surface area contributed by atoms with E-state index in [9.17, 15) is 4.39 Å². The predicted octanol–water partition coefficient (Wildman–Crippen LogP) is 4.14. The smallest absolute Gasteiger partial charge is 0.123 e. The third-order valence-electron chi connectivity index (χ3n) is 3.40. The highest BCUT2D eigenvalue weighted by atomic mass is 19.1. The van der Waals surface area contributed by atoms with Crippen molar-refractivity contribution < 1.29 is 4.39 Å². The molecule has 0 amide bonds. The van der Waals surface area contributed by atoms with Crippen LogP contribution >= 0.6 is 0 Å². The van der Waals surface area contributed by atoms with Crippen LogP contribution in [-0.2, 0) is 6.54 Å². The van der Waals surface area contributed by atoms with E-state index < -0.39 is 0 Å².